The number of carbonyl (C=O) groups excluding carboxylic acids is 5. The van der Waals surface area contributed by atoms with Gasteiger partial charge in [-0.1, -0.05) is 69.9 Å². The number of amides is 5. The maximum absolute atomic E-state index is 13.8. The van der Waals surface area contributed by atoms with Gasteiger partial charge in [0, 0.05) is 61.9 Å². The minimum Gasteiger partial charge on any atom is -0.481 e. The second kappa shape index (κ2) is 25.8. The van der Waals surface area contributed by atoms with Gasteiger partial charge in [-0.2, -0.15) is 0 Å². The summed E-state index contributed by atoms with van der Waals surface area (Å²) >= 11 is 0. The molecule has 59 heavy (non-hydrogen) atoms. The topological polar surface area (TPSA) is 272 Å². The van der Waals surface area contributed by atoms with E-state index < -0.39 is 60.4 Å². The average Bonchev–Trinajstić information content (AvgIpc) is 3.16. The molecule has 16 heteroatoms. The first-order chi connectivity index (χ1) is 28.1. The zero-order valence-electron chi connectivity index (χ0n) is 34.9. The molecule has 5 amide bonds. The van der Waals surface area contributed by atoms with Crippen molar-refractivity contribution in [2.45, 2.75) is 166 Å². The first kappa shape index (κ1) is 48.8. The molecule has 330 valence electrons. The maximum Gasteiger partial charge on any atom is 0.305 e. The summed E-state index contributed by atoms with van der Waals surface area (Å²) < 4.78 is 0. The van der Waals surface area contributed by atoms with Crippen molar-refractivity contribution in [1.29, 1.82) is 0 Å². The van der Waals surface area contributed by atoms with Crippen LogP contribution in [-0.2, 0) is 40.0 Å². The summed E-state index contributed by atoms with van der Waals surface area (Å²) in [5.41, 5.74) is 13.1. The normalized spacial score (nSPS) is 21.2. The van der Waals surface area contributed by atoms with E-state index in [-0.39, 0.29) is 73.6 Å². The fraction of sp³-hybridized carbons (Fsp3) is 0.698. The van der Waals surface area contributed by atoms with E-state index in [2.05, 4.69) is 26.6 Å². The van der Waals surface area contributed by atoms with Crippen molar-refractivity contribution in [2.75, 3.05) is 6.54 Å². The Hall–Kier alpha value is -4.57. The molecule has 0 bridgehead atoms. The summed E-state index contributed by atoms with van der Waals surface area (Å²) in [6.45, 7) is 4.27. The molecule has 8 atom stereocenters. The number of nitrogens with one attached hydrogen (secondary N) is 5. The van der Waals surface area contributed by atoms with Crippen molar-refractivity contribution in [1.82, 2.24) is 26.6 Å². The lowest BCUT2D eigenvalue weighted by Crippen LogP contribution is -2.52. The SMILES string of the molecule is CC(C)C[C@@H](CC(=O)N[C@@H](CCC(=O)O)CC(=O)O)NC(=O)[C@@H]1CCCC[C@H]1NC(=O)C[C@H](CCCN)NC(=O)C[C@H](Cc1ccccc1)NC(=O)[C@@H]1CCCC[C@H]1N. The predicted octanol–water partition coefficient (Wildman–Crippen LogP) is 2.66. The molecule has 0 unspecified atom stereocenters. The largest absolute Gasteiger partial charge is 0.481 e. The molecule has 0 heterocycles. The zero-order chi connectivity index (χ0) is 43.3. The van der Waals surface area contributed by atoms with Crippen LogP contribution in [0.15, 0.2) is 30.3 Å². The second-order valence-electron chi connectivity index (χ2n) is 17.0. The number of hydrogen-bond acceptors (Lipinski definition) is 9. The number of carboxylic acid groups (broad SMARTS) is 2. The van der Waals surface area contributed by atoms with Gasteiger partial charge < -0.3 is 48.3 Å². The Kier molecular flexibility index (Phi) is 21.3. The third-order valence-electron chi connectivity index (χ3n) is 11.3. The third kappa shape index (κ3) is 18.9. The van der Waals surface area contributed by atoms with Gasteiger partial charge in [-0.15, -0.1) is 0 Å². The van der Waals surface area contributed by atoms with Crippen LogP contribution in [0.1, 0.15) is 129 Å². The molecule has 2 aliphatic rings. The van der Waals surface area contributed by atoms with Crippen LogP contribution in [0, 0.1) is 17.8 Å². The fourth-order valence-corrected chi connectivity index (χ4v) is 8.39. The van der Waals surface area contributed by atoms with Crippen LogP contribution in [0.4, 0.5) is 0 Å². The van der Waals surface area contributed by atoms with Gasteiger partial charge >= 0.3 is 11.9 Å². The van der Waals surface area contributed by atoms with Crippen LogP contribution in [0.5, 0.6) is 0 Å². The number of rotatable bonds is 25. The first-order valence-electron chi connectivity index (χ1n) is 21.5. The van der Waals surface area contributed by atoms with Crippen LogP contribution in [-0.4, -0.2) is 94.5 Å². The minimum atomic E-state index is -1.17. The summed E-state index contributed by atoms with van der Waals surface area (Å²) in [4.78, 5) is 89.8. The lowest BCUT2D eigenvalue weighted by molar-refractivity contribution is -0.140. The van der Waals surface area contributed by atoms with Gasteiger partial charge in [-0.25, -0.2) is 0 Å². The summed E-state index contributed by atoms with van der Waals surface area (Å²) in [5.74, 6) is -4.58. The number of benzene rings is 1. The van der Waals surface area contributed by atoms with E-state index in [1.807, 2.05) is 44.2 Å². The Balaban J connectivity index is 1.64. The van der Waals surface area contributed by atoms with Crippen molar-refractivity contribution in [3.05, 3.63) is 35.9 Å². The van der Waals surface area contributed by atoms with Crippen molar-refractivity contribution in [2.24, 2.45) is 29.2 Å². The zero-order valence-corrected chi connectivity index (χ0v) is 34.9. The lowest BCUT2D eigenvalue weighted by atomic mass is 9.83. The van der Waals surface area contributed by atoms with E-state index in [1.165, 1.54) is 0 Å². The molecule has 11 N–H and O–H groups in total. The van der Waals surface area contributed by atoms with Gasteiger partial charge in [-0.05, 0) is 75.8 Å². The molecule has 0 aromatic heterocycles. The van der Waals surface area contributed by atoms with Crippen molar-refractivity contribution in [3.8, 4) is 0 Å². The molecule has 2 aliphatic carbocycles. The summed E-state index contributed by atoms with van der Waals surface area (Å²) in [5, 5.41) is 33.1. The molecule has 2 saturated carbocycles. The van der Waals surface area contributed by atoms with Gasteiger partial charge in [0.1, 0.15) is 0 Å². The molecule has 0 radical (unpaired) electrons. The minimum absolute atomic E-state index is 0.00627. The van der Waals surface area contributed by atoms with E-state index in [9.17, 15) is 38.7 Å². The summed E-state index contributed by atoms with van der Waals surface area (Å²) in [6, 6.07) is 6.47. The molecule has 0 saturated heterocycles. The number of hydrogen-bond donors (Lipinski definition) is 9. The number of nitrogens with two attached hydrogens (primary N) is 2. The number of carboxylic acids is 2. The summed E-state index contributed by atoms with van der Waals surface area (Å²) in [7, 11) is 0. The van der Waals surface area contributed by atoms with Gasteiger partial charge in [0.05, 0.1) is 18.3 Å². The fourth-order valence-electron chi connectivity index (χ4n) is 8.39. The Morgan fingerprint density at radius 1 is 0.661 bits per heavy atom. The third-order valence-corrected chi connectivity index (χ3v) is 11.3. The van der Waals surface area contributed by atoms with Crippen molar-refractivity contribution < 1.29 is 43.8 Å². The quantitative estimate of drug-likeness (QED) is 0.0692. The van der Waals surface area contributed by atoms with E-state index >= 15 is 0 Å². The van der Waals surface area contributed by atoms with Gasteiger partial charge in [0.25, 0.3) is 0 Å². The van der Waals surface area contributed by atoms with Crippen LogP contribution in [0.25, 0.3) is 0 Å². The number of aliphatic carboxylic acids is 2. The van der Waals surface area contributed by atoms with Gasteiger partial charge in [-0.3, -0.25) is 33.6 Å². The molecule has 1 aromatic rings. The van der Waals surface area contributed by atoms with Crippen LogP contribution in [0.3, 0.4) is 0 Å². The van der Waals surface area contributed by atoms with E-state index in [0.717, 1.165) is 37.7 Å². The highest BCUT2D eigenvalue weighted by molar-refractivity contribution is 5.85. The Morgan fingerprint density at radius 2 is 1.22 bits per heavy atom. The highest BCUT2D eigenvalue weighted by atomic mass is 16.4. The van der Waals surface area contributed by atoms with Crippen LogP contribution in [0.2, 0.25) is 0 Å². The maximum atomic E-state index is 13.8. The van der Waals surface area contributed by atoms with Crippen molar-refractivity contribution >= 4 is 41.5 Å². The van der Waals surface area contributed by atoms with Crippen LogP contribution < -0.4 is 38.1 Å². The molecule has 16 nitrogen and oxygen atoms in total. The molecular formula is C43H69N7O9. The smallest absolute Gasteiger partial charge is 0.305 e. The average molecular weight is 828 g/mol. The first-order valence-corrected chi connectivity index (χ1v) is 21.5. The molecule has 1 aromatic carbocycles. The Bertz CT molecular complexity index is 1530. The number of carbonyl (C=O) groups is 7. The monoisotopic (exact) mass is 828 g/mol. The van der Waals surface area contributed by atoms with Gasteiger partial charge in [0.15, 0.2) is 0 Å². The van der Waals surface area contributed by atoms with E-state index in [1.54, 1.807) is 0 Å². The van der Waals surface area contributed by atoms with Crippen LogP contribution >= 0.6 is 0 Å². The molecule has 2 fully saturated rings. The Morgan fingerprint density at radius 3 is 1.83 bits per heavy atom. The second-order valence-corrected chi connectivity index (χ2v) is 17.0. The highest BCUT2D eigenvalue weighted by Crippen LogP contribution is 2.26. The standard InChI is InChI=1S/C43H69N7O9/c1-27(2)21-31(24-37(51)47-30(26-41(56)57)18-19-40(54)55)48-43(59)34-15-7-9-17-36(34)50-39(53)23-29(13-10-20-44)46-38(52)25-32(22-28-11-4-3-5-12-28)49-42(58)33-14-6-8-16-35(33)45/h3-5,11-12,27,29-36H,6-10,13-26,44-45H2,1-2H3,(H,46,52)(H,47,51)(H,48,59)(H,49,58)(H,50,53)(H,54,55)(H,56,57)/t29-,30-,31-,32-,33+,34+,35+,36+/m0/s1. The van der Waals surface area contributed by atoms with E-state index in [4.69, 9.17) is 16.6 Å². The highest BCUT2D eigenvalue weighted by Gasteiger charge is 2.35. The molecule has 3 rings (SSSR count). The van der Waals surface area contributed by atoms with E-state index in [0.29, 0.717) is 51.5 Å². The van der Waals surface area contributed by atoms with Crippen molar-refractivity contribution in [3.63, 3.8) is 0 Å². The molecular weight excluding hydrogens is 759 g/mol. The summed E-state index contributed by atoms with van der Waals surface area (Å²) in [6.07, 6.45) is 7.13. The molecule has 0 aliphatic heterocycles. The lowest BCUT2D eigenvalue weighted by Gasteiger charge is -2.33. The Labute approximate surface area is 348 Å². The predicted molar refractivity (Wildman–Crippen MR) is 222 cm³/mol. The van der Waals surface area contributed by atoms with Gasteiger partial charge in [0.2, 0.25) is 29.5 Å². The molecule has 0 spiro atoms.